The van der Waals surface area contributed by atoms with E-state index in [0.717, 1.165) is 23.7 Å². The summed E-state index contributed by atoms with van der Waals surface area (Å²) in [4.78, 5) is 42.7. The summed E-state index contributed by atoms with van der Waals surface area (Å²) in [5.41, 5.74) is 1.66. The van der Waals surface area contributed by atoms with Gasteiger partial charge in [0.05, 0.1) is 5.41 Å². The smallest absolute Gasteiger partial charge is 0.245 e. The average Bonchev–Trinajstić information content (AvgIpc) is 2.81. The summed E-state index contributed by atoms with van der Waals surface area (Å²) in [6.45, 7) is 9.91. The quantitative estimate of drug-likeness (QED) is 0.774. The van der Waals surface area contributed by atoms with E-state index in [9.17, 15) is 14.4 Å². The lowest BCUT2D eigenvalue weighted by molar-refractivity contribution is -0.151. The molecule has 2 saturated heterocycles. The van der Waals surface area contributed by atoms with Gasteiger partial charge in [-0.15, -0.1) is 0 Å². The molecule has 3 rings (SSSR count). The molecule has 1 atom stereocenters. The van der Waals surface area contributed by atoms with Crippen LogP contribution in [0.4, 0.5) is 5.69 Å². The molecule has 2 heterocycles. The highest BCUT2D eigenvalue weighted by Crippen LogP contribution is 2.33. The van der Waals surface area contributed by atoms with Gasteiger partial charge in [-0.1, -0.05) is 26.0 Å². The Hall–Kier alpha value is -2.37. The Morgan fingerprint density at radius 2 is 1.77 bits per heavy atom. The Balaban J connectivity index is 1.63. The lowest BCUT2D eigenvalue weighted by atomic mass is 9.92. The molecule has 0 bridgehead atoms. The van der Waals surface area contributed by atoms with Gasteiger partial charge in [0.2, 0.25) is 17.7 Å². The highest BCUT2D eigenvalue weighted by atomic mass is 16.2. The summed E-state index contributed by atoms with van der Waals surface area (Å²) in [6.07, 6.45) is 0.171. The topological polar surface area (TPSA) is 60.9 Å². The molecule has 1 aromatic carbocycles. The number of rotatable bonds is 3. The molecule has 0 aromatic heterocycles. The van der Waals surface area contributed by atoms with Crippen LogP contribution in [-0.2, 0) is 14.4 Å². The number of benzene rings is 1. The number of amides is 3. The predicted octanol–water partition coefficient (Wildman–Crippen LogP) is 1.82. The highest BCUT2D eigenvalue weighted by molar-refractivity contribution is 6.08. The fraction of sp³-hybridized carbons (Fsp3) is 0.550. The maximum Gasteiger partial charge on any atom is 0.245 e. The Labute approximate surface area is 154 Å². The van der Waals surface area contributed by atoms with Crippen LogP contribution in [0, 0.1) is 12.3 Å². The standard InChI is InChI=1S/C20H27N3O3/c1-14-6-5-7-16(12-14)21-8-10-22(11-9-21)18(25)15(2)23-17(24)13-20(3,4)19(23)26/h5-7,12,15H,8-11,13H2,1-4H3. The van der Waals surface area contributed by atoms with Gasteiger partial charge < -0.3 is 9.80 Å². The molecule has 2 fully saturated rings. The van der Waals surface area contributed by atoms with Crippen LogP contribution in [0.5, 0.6) is 0 Å². The number of aryl methyl sites for hydroxylation is 1. The summed E-state index contributed by atoms with van der Waals surface area (Å²) in [7, 11) is 0. The van der Waals surface area contributed by atoms with E-state index in [4.69, 9.17) is 0 Å². The number of carbonyl (C=O) groups is 3. The molecule has 0 saturated carbocycles. The van der Waals surface area contributed by atoms with Gasteiger partial charge in [0.15, 0.2) is 0 Å². The van der Waals surface area contributed by atoms with Crippen LogP contribution in [-0.4, -0.2) is 59.7 Å². The van der Waals surface area contributed by atoms with Crippen LogP contribution in [0.15, 0.2) is 24.3 Å². The fourth-order valence-electron chi connectivity index (χ4n) is 3.75. The largest absolute Gasteiger partial charge is 0.368 e. The zero-order chi connectivity index (χ0) is 19.1. The van der Waals surface area contributed by atoms with E-state index in [1.165, 1.54) is 5.56 Å². The van der Waals surface area contributed by atoms with Gasteiger partial charge in [0.25, 0.3) is 0 Å². The maximum absolute atomic E-state index is 12.8. The summed E-state index contributed by atoms with van der Waals surface area (Å²) in [5.74, 6) is -0.644. The third-order valence-corrected chi connectivity index (χ3v) is 5.36. The number of carbonyl (C=O) groups excluding carboxylic acids is 3. The summed E-state index contributed by atoms with van der Waals surface area (Å²) >= 11 is 0. The van der Waals surface area contributed by atoms with Crippen molar-refractivity contribution in [1.29, 1.82) is 0 Å². The minimum absolute atomic E-state index is 0.145. The first kappa shape index (κ1) is 18.4. The van der Waals surface area contributed by atoms with Crippen LogP contribution in [0.1, 0.15) is 32.8 Å². The molecule has 0 spiro atoms. The molecule has 2 aliphatic heterocycles. The second-order valence-electron chi connectivity index (χ2n) is 7.96. The molecule has 3 amide bonds. The van der Waals surface area contributed by atoms with Crippen molar-refractivity contribution in [3.63, 3.8) is 0 Å². The van der Waals surface area contributed by atoms with Crippen LogP contribution in [0.2, 0.25) is 0 Å². The first-order valence-corrected chi connectivity index (χ1v) is 9.17. The van der Waals surface area contributed by atoms with Crippen LogP contribution >= 0.6 is 0 Å². The Morgan fingerprint density at radius 3 is 2.31 bits per heavy atom. The van der Waals surface area contributed by atoms with Gasteiger partial charge in [0, 0.05) is 38.3 Å². The van der Waals surface area contributed by atoms with E-state index in [2.05, 4.69) is 30.0 Å². The third-order valence-electron chi connectivity index (χ3n) is 5.36. The van der Waals surface area contributed by atoms with E-state index in [0.29, 0.717) is 13.1 Å². The normalized spacial score (nSPS) is 21.3. The molecule has 26 heavy (non-hydrogen) atoms. The number of hydrogen-bond donors (Lipinski definition) is 0. The van der Waals surface area contributed by atoms with E-state index < -0.39 is 11.5 Å². The number of imide groups is 1. The van der Waals surface area contributed by atoms with Crippen LogP contribution in [0.25, 0.3) is 0 Å². The Kier molecular flexibility index (Phi) is 4.78. The van der Waals surface area contributed by atoms with Gasteiger partial charge in [0.1, 0.15) is 6.04 Å². The first-order valence-electron chi connectivity index (χ1n) is 9.17. The summed E-state index contributed by atoms with van der Waals surface area (Å²) in [5, 5.41) is 0. The molecule has 0 aliphatic carbocycles. The average molecular weight is 357 g/mol. The lowest BCUT2D eigenvalue weighted by Gasteiger charge is -2.38. The van der Waals surface area contributed by atoms with Crippen molar-refractivity contribution in [1.82, 2.24) is 9.80 Å². The number of nitrogens with zero attached hydrogens (tertiary/aromatic N) is 3. The van der Waals surface area contributed by atoms with Crippen molar-refractivity contribution in [3.8, 4) is 0 Å². The zero-order valence-corrected chi connectivity index (χ0v) is 16.0. The van der Waals surface area contributed by atoms with E-state index >= 15 is 0 Å². The molecule has 1 unspecified atom stereocenters. The maximum atomic E-state index is 12.8. The van der Waals surface area contributed by atoms with Gasteiger partial charge in [-0.3, -0.25) is 19.3 Å². The molecular weight excluding hydrogens is 330 g/mol. The van der Waals surface area contributed by atoms with Gasteiger partial charge >= 0.3 is 0 Å². The van der Waals surface area contributed by atoms with E-state index in [1.807, 2.05) is 6.07 Å². The molecule has 0 radical (unpaired) electrons. The number of hydrogen-bond acceptors (Lipinski definition) is 4. The lowest BCUT2D eigenvalue weighted by Crippen LogP contribution is -2.55. The van der Waals surface area contributed by atoms with Crippen molar-refractivity contribution in [2.75, 3.05) is 31.1 Å². The van der Waals surface area contributed by atoms with Gasteiger partial charge in [-0.05, 0) is 31.5 Å². The molecule has 0 N–H and O–H groups in total. The second kappa shape index (κ2) is 6.74. The zero-order valence-electron chi connectivity index (χ0n) is 16.0. The highest BCUT2D eigenvalue weighted by Gasteiger charge is 2.48. The van der Waals surface area contributed by atoms with Crippen molar-refractivity contribution in [2.45, 2.75) is 40.2 Å². The minimum Gasteiger partial charge on any atom is -0.368 e. The predicted molar refractivity (Wildman–Crippen MR) is 99.7 cm³/mol. The molecule has 6 nitrogen and oxygen atoms in total. The number of likely N-dealkylation sites (tertiary alicyclic amines) is 1. The van der Waals surface area contributed by atoms with Gasteiger partial charge in [-0.2, -0.15) is 0 Å². The second-order valence-corrected chi connectivity index (χ2v) is 7.96. The molecule has 6 heteroatoms. The monoisotopic (exact) mass is 357 g/mol. The first-order chi connectivity index (χ1) is 12.2. The SMILES string of the molecule is Cc1cccc(N2CCN(C(=O)C(C)N3C(=O)CC(C)(C)C3=O)CC2)c1. The molecule has 2 aliphatic rings. The van der Waals surface area contributed by atoms with E-state index in [-0.39, 0.29) is 24.1 Å². The summed E-state index contributed by atoms with van der Waals surface area (Å²) < 4.78 is 0. The number of piperazine rings is 1. The minimum atomic E-state index is -0.734. The van der Waals surface area contributed by atoms with Crippen molar-refractivity contribution in [3.05, 3.63) is 29.8 Å². The third kappa shape index (κ3) is 3.32. The van der Waals surface area contributed by atoms with Crippen molar-refractivity contribution >= 4 is 23.4 Å². The van der Waals surface area contributed by atoms with Crippen molar-refractivity contribution < 1.29 is 14.4 Å². The van der Waals surface area contributed by atoms with Crippen LogP contribution in [0.3, 0.4) is 0 Å². The fourth-order valence-corrected chi connectivity index (χ4v) is 3.75. The molecular formula is C20H27N3O3. The van der Waals surface area contributed by atoms with Gasteiger partial charge in [-0.25, -0.2) is 0 Å². The Morgan fingerprint density at radius 1 is 1.12 bits per heavy atom. The molecule has 1 aromatic rings. The molecule has 140 valence electrons. The Bertz CT molecular complexity index is 736. The van der Waals surface area contributed by atoms with Crippen molar-refractivity contribution in [2.24, 2.45) is 5.41 Å². The number of anilines is 1. The van der Waals surface area contributed by atoms with Crippen LogP contribution < -0.4 is 4.90 Å². The van der Waals surface area contributed by atoms with E-state index in [1.54, 1.807) is 25.7 Å². The summed E-state index contributed by atoms with van der Waals surface area (Å²) in [6, 6.07) is 7.59.